The number of furan rings is 1. The van der Waals surface area contributed by atoms with Crippen LogP contribution in [-0.4, -0.2) is 0 Å². The summed E-state index contributed by atoms with van der Waals surface area (Å²) in [5.74, 6) is 0. The van der Waals surface area contributed by atoms with E-state index in [-0.39, 0.29) is 33.9 Å². The van der Waals surface area contributed by atoms with Crippen molar-refractivity contribution in [3.63, 3.8) is 0 Å². The lowest BCUT2D eigenvalue weighted by atomic mass is 9.71. The SMILES string of the molecule is CC(C)(C)c1cc2c(Br)c(Br)c3cc(C(C)(C)C)cc4c5c(c(c1)c2c34)C1OC5c2c1c1cc(C(C)(C)C)cc3c4cocc4c4cc(C(C)(C)C)cc2c4c13. The molecule has 0 aliphatic carbocycles. The fourth-order valence-corrected chi connectivity index (χ4v) is 11.4. The van der Waals surface area contributed by atoms with Crippen molar-refractivity contribution in [1.82, 2.24) is 0 Å². The molecular weight excluding hydrogens is 816 g/mol. The highest BCUT2D eigenvalue weighted by Crippen LogP contribution is 2.64. The van der Waals surface area contributed by atoms with Crippen LogP contribution in [0.3, 0.4) is 0 Å². The maximum absolute atomic E-state index is 7.60. The summed E-state index contributed by atoms with van der Waals surface area (Å²) in [6.07, 6.45) is 3.54. The summed E-state index contributed by atoms with van der Waals surface area (Å²) in [6, 6.07) is 19.8. The number of rotatable bonds is 0. The zero-order valence-electron chi connectivity index (χ0n) is 34.5. The third-order valence-electron chi connectivity index (χ3n) is 13.5. The second kappa shape index (κ2) is 10.7. The fraction of sp³-hybridized carbons (Fsp3) is 0.346. The molecule has 0 fully saturated rings. The van der Waals surface area contributed by atoms with Gasteiger partial charge >= 0.3 is 0 Å². The molecule has 2 nitrogen and oxygen atoms in total. The second-order valence-corrected chi connectivity index (χ2v) is 22.7. The molecule has 2 unspecified atom stereocenters. The lowest BCUT2D eigenvalue weighted by Gasteiger charge is -2.30. The molecule has 0 spiro atoms. The summed E-state index contributed by atoms with van der Waals surface area (Å²) < 4.78 is 15.9. The molecule has 282 valence electrons. The molecule has 2 aliphatic heterocycles. The van der Waals surface area contributed by atoms with Gasteiger partial charge in [0.05, 0.1) is 12.5 Å². The lowest BCUT2D eigenvalue weighted by Crippen LogP contribution is -2.15. The van der Waals surface area contributed by atoms with E-state index in [9.17, 15) is 0 Å². The molecule has 1 aromatic heterocycles. The number of fused-ring (bicyclic) bond motifs is 15. The molecule has 0 saturated carbocycles. The summed E-state index contributed by atoms with van der Waals surface area (Å²) in [4.78, 5) is 0. The smallest absolute Gasteiger partial charge is 0.111 e. The van der Waals surface area contributed by atoms with Crippen LogP contribution < -0.4 is 0 Å². The minimum Gasteiger partial charge on any atom is -0.471 e. The van der Waals surface area contributed by atoms with Crippen LogP contribution in [0.4, 0.5) is 0 Å². The van der Waals surface area contributed by atoms with Crippen LogP contribution in [0.25, 0.3) is 75.4 Å². The van der Waals surface area contributed by atoms with E-state index in [1.807, 2.05) is 12.5 Å². The average Bonchev–Trinajstić information content (AvgIpc) is 3.86. The number of hydrogen-bond donors (Lipinski definition) is 0. The van der Waals surface area contributed by atoms with Crippen molar-refractivity contribution in [1.29, 1.82) is 0 Å². The lowest BCUT2D eigenvalue weighted by molar-refractivity contribution is 0.0875. The van der Waals surface area contributed by atoms with E-state index >= 15 is 0 Å². The van der Waals surface area contributed by atoms with Crippen LogP contribution in [0.1, 0.15) is 140 Å². The largest absolute Gasteiger partial charge is 0.471 e. The van der Waals surface area contributed by atoms with Crippen molar-refractivity contribution in [2.24, 2.45) is 0 Å². The average molecular weight is 865 g/mol. The Hall–Kier alpha value is -3.70. The highest BCUT2D eigenvalue weighted by Gasteiger charge is 2.48. The van der Waals surface area contributed by atoms with Gasteiger partial charge in [0.15, 0.2) is 0 Å². The molecule has 2 atom stereocenters. The zero-order chi connectivity index (χ0) is 39.5. The number of hydrogen-bond acceptors (Lipinski definition) is 2. The molecule has 11 rings (SSSR count). The van der Waals surface area contributed by atoms with Crippen molar-refractivity contribution in [2.45, 2.75) is 117 Å². The van der Waals surface area contributed by atoms with E-state index < -0.39 is 0 Å². The van der Waals surface area contributed by atoms with Gasteiger partial charge in [0.2, 0.25) is 0 Å². The van der Waals surface area contributed by atoms with Crippen molar-refractivity contribution in [3.05, 3.63) is 115 Å². The topological polar surface area (TPSA) is 22.4 Å². The van der Waals surface area contributed by atoms with Gasteiger partial charge in [0.25, 0.3) is 0 Å². The monoisotopic (exact) mass is 862 g/mol. The first-order chi connectivity index (χ1) is 26.1. The molecule has 0 amide bonds. The first-order valence-electron chi connectivity index (χ1n) is 20.2. The van der Waals surface area contributed by atoms with Crippen LogP contribution in [0, 0.1) is 0 Å². The molecular formula is C52H48Br2O2. The molecule has 9 aromatic rings. The van der Waals surface area contributed by atoms with Gasteiger partial charge in [-0.3, -0.25) is 0 Å². The van der Waals surface area contributed by atoms with Gasteiger partial charge in [0.1, 0.15) is 12.2 Å². The van der Waals surface area contributed by atoms with Crippen LogP contribution >= 0.6 is 31.9 Å². The minimum atomic E-state index is -0.202. The predicted octanol–water partition coefficient (Wildman–Crippen LogP) is 16.5. The van der Waals surface area contributed by atoms with Crippen LogP contribution in [0.15, 0.2) is 74.4 Å². The Bertz CT molecular complexity index is 3010. The fourth-order valence-electron chi connectivity index (χ4n) is 10.4. The first kappa shape index (κ1) is 35.5. The normalized spacial score (nSPS) is 17.8. The molecule has 2 aliphatic rings. The summed E-state index contributed by atoms with van der Waals surface area (Å²) in [6.45, 7) is 28.0. The Morgan fingerprint density at radius 1 is 0.357 bits per heavy atom. The number of halogens is 2. The third-order valence-corrected chi connectivity index (χ3v) is 15.7. The van der Waals surface area contributed by atoms with Gasteiger partial charge in [-0.05, 0) is 187 Å². The van der Waals surface area contributed by atoms with Crippen molar-refractivity contribution in [3.8, 4) is 0 Å². The quantitative estimate of drug-likeness (QED) is 0.142. The Morgan fingerprint density at radius 2 is 0.607 bits per heavy atom. The van der Waals surface area contributed by atoms with E-state index in [0.717, 1.165) is 8.95 Å². The van der Waals surface area contributed by atoms with Crippen molar-refractivity contribution < 1.29 is 9.15 Å². The summed E-state index contributed by atoms with van der Waals surface area (Å²) in [7, 11) is 0. The standard InChI is InChI=1S/C52H48Br2O2/c1-49(2,3)23-13-27-35-21-55-22-36(35)28-14-24(50(4,5)6)16-30-38(28)37(27)29(15-23)41-42(30)48-44-32-18-26(52(10,11)12)20-34-40(32)39-31(43(44)47(41)56-48)17-25(51(7,8)9)19-33(39)45(53)46(34)54/h13-22,47-48H,1-12H3. The molecule has 3 heterocycles. The van der Waals surface area contributed by atoms with E-state index in [4.69, 9.17) is 9.15 Å². The first-order valence-corrected chi connectivity index (χ1v) is 21.8. The van der Waals surface area contributed by atoms with Crippen molar-refractivity contribution in [2.75, 3.05) is 0 Å². The highest BCUT2D eigenvalue weighted by atomic mass is 79.9. The van der Waals surface area contributed by atoms with Crippen LogP contribution in [0.5, 0.6) is 0 Å². The highest BCUT2D eigenvalue weighted by molar-refractivity contribution is 9.13. The molecule has 4 heteroatoms. The van der Waals surface area contributed by atoms with Gasteiger partial charge in [-0.15, -0.1) is 0 Å². The molecule has 0 saturated heterocycles. The molecule has 8 aromatic carbocycles. The Morgan fingerprint density at radius 3 is 0.893 bits per heavy atom. The van der Waals surface area contributed by atoms with Gasteiger partial charge in [0, 0.05) is 19.7 Å². The second-order valence-electron chi connectivity index (χ2n) is 21.2. The van der Waals surface area contributed by atoms with E-state index in [1.54, 1.807) is 0 Å². The van der Waals surface area contributed by atoms with Crippen LogP contribution in [0.2, 0.25) is 0 Å². The summed E-state index contributed by atoms with van der Waals surface area (Å²) in [5, 5.41) is 18.1. The van der Waals surface area contributed by atoms with Crippen molar-refractivity contribution >= 4 is 107 Å². The third kappa shape index (κ3) is 4.42. The van der Waals surface area contributed by atoms with Gasteiger partial charge < -0.3 is 9.15 Å². The minimum absolute atomic E-state index is 0.0441. The number of benzene rings is 8. The summed E-state index contributed by atoms with van der Waals surface area (Å²) >= 11 is 8.28. The molecule has 56 heavy (non-hydrogen) atoms. The van der Waals surface area contributed by atoms with E-state index in [2.05, 4.69) is 163 Å². The Balaban J connectivity index is 1.40. The zero-order valence-corrected chi connectivity index (χ0v) is 37.7. The van der Waals surface area contributed by atoms with Gasteiger partial charge in [-0.1, -0.05) is 107 Å². The van der Waals surface area contributed by atoms with E-state index in [0.29, 0.717) is 0 Å². The summed E-state index contributed by atoms with van der Waals surface area (Å²) in [5.41, 5.74) is 10.5. The molecule has 2 bridgehead atoms. The van der Waals surface area contributed by atoms with Gasteiger partial charge in [-0.25, -0.2) is 0 Å². The maximum atomic E-state index is 7.60. The van der Waals surface area contributed by atoms with Gasteiger partial charge in [-0.2, -0.15) is 0 Å². The number of ether oxygens (including phenoxy) is 1. The maximum Gasteiger partial charge on any atom is 0.111 e. The molecule has 0 radical (unpaired) electrons. The molecule has 0 N–H and O–H groups in total. The Labute approximate surface area is 345 Å². The van der Waals surface area contributed by atoms with Crippen LogP contribution in [-0.2, 0) is 26.4 Å². The predicted molar refractivity (Wildman–Crippen MR) is 245 cm³/mol. The van der Waals surface area contributed by atoms with E-state index in [1.165, 1.54) is 120 Å². The Kier molecular flexibility index (Phi) is 6.76.